The van der Waals surface area contributed by atoms with Crippen molar-refractivity contribution in [3.8, 4) is 0 Å². The van der Waals surface area contributed by atoms with E-state index in [0.717, 1.165) is 6.04 Å². The van der Waals surface area contributed by atoms with Crippen LogP contribution in [0.15, 0.2) is 0 Å². The summed E-state index contributed by atoms with van der Waals surface area (Å²) in [4.78, 5) is 6.34. The third-order valence-electron chi connectivity index (χ3n) is 4.82. The van der Waals surface area contributed by atoms with Crippen molar-refractivity contribution in [2.24, 2.45) is 0 Å². The molecule has 3 aliphatic rings. The number of hydrogen-bond acceptors (Lipinski definition) is 3. The van der Waals surface area contributed by atoms with Gasteiger partial charge in [0.2, 0.25) is 0 Å². The second-order valence-corrected chi connectivity index (χ2v) is 7.98. The Labute approximate surface area is 146 Å². The molecule has 3 heterocycles. The molecule has 0 atom stereocenters. The second-order valence-electron chi connectivity index (χ2n) is 7.98. The summed E-state index contributed by atoms with van der Waals surface area (Å²) in [5.74, 6) is -2.40. The lowest BCUT2D eigenvalue weighted by molar-refractivity contribution is -0.141. The molecule has 144 valence electrons. The molecule has 3 rings (SSSR count). The van der Waals surface area contributed by atoms with E-state index < -0.39 is 12.1 Å². The van der Waals surface area contributed by atoms with E-state index in [4.69, 9.17) is 0 Å². The Hall–Kier alpha value is -0.330. The zero-order valence-electron chi connectivity index (χ0n) is 16.2. The SMILES string of the molecule is CC(C)N1CC(F)(F)C1.CC(C)N1CC(F)C1.CC(C)N1CCC1. The molecule has 0 unspecified atom stereocenters. The lowest BCUT2D eigenvalue weighted by Gasteiger charge is -2.41. The van der Waals surface area contributed by atoms with Crippen molar-refractivity contribution in [1.29, 1.82) is 0 Å². The molecule has 3 nitrogen and oxygen atoms in total. The molecule has 0 spiro atoms. The van der Waals surface area contributed by atoms with Crippen molar-refractivity contribution in [2.45, 2.75) is 78.2 Å². The lowest BCUT2D eigenvalue weighted by Crippen LogP contribution is -2.58. The molecule has 0 radical (unpaired) electrons. The van der Waals surface area contributed by atoms with Gasteiger partial charge in [-0.2, -0.15) is 0 Å². The molecule has 0 aromatic heterocycles. The van der Waals surface area contributed by atoms with E-state index in [1.54, 1.807) is 4.90 Å². The average molecular weight is 352 g/mol. The summed E-state index contributed by atoms with van der Waals surface area (Å²) in [6, 6.07) is 1.58. The Morgan fingerprint density at radius 1 is 0.750 bits per heavy atom. The Morgan fingerprint density at radius 2 is 1.17 bits per heavy atom. The van der Waals surface area contributed by atoms with Crippen LogP contribution in [-0.4, -0.2) is 84.2 Å². The molecule has 0 aromatic rings. The first-order chi connectivity index (χ1) is 11.0. The van der Waals surface area contributed by atoms with E-state index in [0.29, 0.717) is 19.1 Å². The summed E-state index contributed by atoms with van der Waals surface area (Å²) in [5, 5.41) is 0. The van der Waals surface area contributed by atoms with Crippen LogP contribution in [0.4, 0.5) is 13.2 Å². The standard InChI is InChI=1S/C6H11F2N.C6H12FN.C6H13N/c1-5(2)9-3-6(7,8)4-9;1-5(2)8-3-6(7)4-8;1-6(2)7-4-3-5-7/h5H,3-4H2,1-2H3;5-6H,3-4H2,1-2H3;6H,3-5H2,1-2H3. The molecule has 0 amide bonds. The van der Waals surface area contributed by atoms with Crippen LogP contribution in [0.1, 0.15) is 48.0 Å². The maximum absolute atomic E-state index is 12.1. The number of hydrogen-bond donors (Lipinski definition) is 0. The van der Waals surface area contributed by atoms with Gasteiger partial charge < -0.3 is 4.90 Å². The summed E-state index contributed by atoms with van der Waals surface area (Å²) in [5.41, 5.74) is 0. The zero-order valence-corrected chi connectivity index (χ0v) is 16.2. The summed E-state index contributed by atoms with van der Waals surface area (Å²) in [7, 11) is 0. The third-order valence-corrected chi connectivity index (χ3v) is 4.82. The fourth-order valence-corrected chi connectivity index (χ4v) is 2.65. The molecule has 0 N–H and O–H groups in total. The van der Waals surface area contributed by atoms with Gasteiger partial charge in [-0.1, -0.05) is 0 Å². The zero-order chi connectivity index (χ0) is 18.5. The largest absolute Gasteiger partial charge is 0.301 e. The Kier molecular flexibility index (Phi) is 8.50. The summed E-state index contributed by atoms with van der Waals surface area (Å²) in [6.07, 6.45) is 0.871. The highest BCUT2D eigenvalue weighted by atomic mass is 19.3. The van der Waals surface area contributed by atoms with Crippen LogP contribution < -0.4 is 0 Å². The van der Waals surface area contributed by atoms with Crippen molar-refractivity contribution in [3.63, 3.8) is 0 Å². The fraction of sp³-hybridized carbons (Fsp3) is 1.00. The van der Waals surface area contributed by atoms with Crippen LogP contribution in [0.3, 0.4) is 0 Å². The molecule has 0 bridgehead atoms. The van der Waals surface area contributed by atoms with E-state index in [1.807, 2.05) is 13.8 Å². The molecule has 3 aliphatic heterocycles. The van der Waals surface area contributed by atoms with Gasteiger partial charge in [-0.3, -0.25) is 9.80 Å². The van der Waals surface area contributed by atoms with Crippen molar-refractivity contribution in [3.05, 3.63) is 0 Å². The van der Waals surface area contributed by atoms with Gasteiger partial charge in [0, 0.05) is 31.2 Å². The minimum Gasteiger partial charge on any atom is -0.301 e. The normalized spacial score (nSPS) is 24.5. The summed E-state index contributed by atoms with van der Waals surface area (Å²) < 4.78 is 36.3. The quantitative estimate of drug-likeness (QED) is 0.771. The smallest absolute Gasteiger partial charge is 0.272 e. The van der Waals surface area contributed by atoms with Crippen molar-refractivity contribution in [2.75, 3.05) is 39.3 Å². The Morgan fingerprint density at radius 3 is 1.25 bits per heavy atom. The van der Waals surface area contributed by atoms with Gasteiger partial charge in [-0.15, -0.1) is 0 Å². The third kappa shape index (κ3) is 7.28. The van der Waals surface area contributed by atoms with Crippen LogP contribution in [0, 0.1) is 0 Å². The van der Waals surface area contributed by atoms with Gasteiger partial charge in [0.15, 0.2) is 0 Å². The van der Waals surface area contributed by atoms with E-state index in [2.05, 4.69) is 37.5 Å². The first-order valence-electron chi connectivity index (χ1n) is 9.26. The topological polar surface area (TPSA) is 9.72 Å². The van der Waals surface area contributed by atoms with E-state index in [-0.39, 0.29) is 19.1 Å². The first-order valence-corrected chi connectivity index (χ1v) is 9.26. The van der Waals surface area contributed by atoms with E-state index in [9.17, 15) is 13.2 Å². The Balaban J connectivity index is 0.000000181. The second kappa shape index (κ2) is 9.39. The fourth-order valence-electron chi connectivity index (χ4n) is 2.65. The highest BCUT2D eigenvalue weighted by Gasteiger charge is 2.44. The molecular weight excluding hydrogens is 315 g/mol. The summed E-state index contributed by atoms with van der Waals surface area (Å²) >= 11 is 0. The van der Waals surface area contributed by atoms with Crippen LogP contribution in [0.25, 0.3) is 0 Å². The van der Waals surface area contributed by atoms with Gasteiger partial charge in [-0.25, -0.2) is 13.2 Å². The van der Waals surface area contributed by atoms with Crippen LogP contribution in [-0.2, 0) is 0 Å². The monoisotopic (exact) mass is 351 g/mol. The molecule has 3 saturated heterocycles. The van der Waals surface area contributed by atoms with Gasteiger partial charge in [0.05, 0.1) is 13.1 Å². The van der Waals surface area contributed by atoms with E-state index >= 15 is 0 Å². The van der Waals surface area contributed by atoms with Gasteiger partial charge in [-0.05, 0) is 61.1 Å². The first kappa shape index (κ1) is 21.7. The summed E-state index contributed by atoms with van der Waals surface area (Å²) in [6.45, 7) is 16.4. The highest BCUT2D eigenvalue weighted by molar-refractivity contribution is 4.88. The molecule has 3 fully saturated rings. The molecule has 6 heteroatoms. The minimum atomic E-state index is -2.40. The maximum atomic E-state index is 12.1. The lowest BCUT2D eigenvalue weighted by atomic mass is 10.1. The molecule has 24 heavy (non-hydrogen) atoms. The van der Waals surface area contributed by atoms with Gasteiger partial charge >= 0.3 is 0 Å². The molecular formula is C18H36F3N3. The predicted molar refractivity (Wildman–Crippen MR) is 94.6 cm³/mol. The minimum absolute atomic E-state index is 0.0509. The predicted octanol–water partition coefficient (Wildman–Crippen LogP) is 3.49. The molecule has 0 aliphatic carbocycles. The number of likely N-dealkylation sites (tertiary alicyclic amines) is 3. The number of nitrogens with zero attached hydrogens (tertiary/aromatic N) is 3. The van der Waals surface area contributed by atoms with Crippen molar-refractivity contribution >= 4 is 0 Å². The Bertz CT molecular complexity index is 343. The van der Waals surface area contributed by atoms with E-state index in [1.165, 1.54) is 19.5 Å². The van der Waals surface area contributed by atoms with Gasteiger partial charge in [0.1, 0.15) is 6.17 Å². The van der Waals surface area contributed by atoms with Crippen molar-refractivity contribution in [1.82, 2.24) is 14.7 Å². The maximum Gasteiger partial charge on any atom is 0.272 e. The van der Waals surface area contributed by atoms with Gasteiger partial charge in [0.25, 0.3) is 5.92 Å². The van der Waals surface area contributed by atoms with Crippen LogP contribution >= 0.6 is 0 Å². The van der Waals surface area contributed by atoms with Crippen LogP contribution in [0.2, 0.25) is 0 Å². The molecule has 0 saturated carbocycles. The molecule has 0 aromatic carbocycles. The van der Waals surface area contributed by atoms with Crippen LogP contribution in [0.5, 0.6) is 0 Å². The van der Waals surface area contributed by atoms with Crippen molar-refractivity contribution < 1.29 is 13.2 Å². The highest BCUT2D eigenvalue weighted by Crippen LogP contribution is 2.27. The average Bonchev–Trinajstić information content (AvgIpc) is 2.30. The number of alkyl halides is 3. The number of halogens is 3. The number of rotatable bonds is 3.